The maximum Gasteiger partial charge on any atom is 0.325 e. The van der Waals surface area contributed by atoms with Gasteiger partial charge in [0.15, 0.2) is 0 Å². The van der Waals surface area contributed by atoms with Crippen molar-refractivity contribution in [2.24, 2.45) is 0 Å². The van der Waals surface area contributed by atoms with Gasteiger partial charge < -0.3 is 11.1 Å². The Balaban J connectivity index is 0.000000253. The molecule has 0 spiro atoms. The quantitative estimate of drug-likeness (QED) is 0.577. The predicted molar refractivity (Wildman–Crippen MR) is 56.9 cm³/mol. The van der Waals surface area contributed by atoms with E-state index in [2.05, 4.69) is 9.97 Å². The number of hydrogen-bond donors (Lipinski definition) is 3. The highest BCUT2D eigenvalue weighted by Gasteiger charge is 1.77. The molecular formula is C9H12N4O2. The van der Waals surface area contributed by atoms with E-state index < -0.39 is 5.69 Å². The minimum absolute atomic E-state index is 0. The van der Waals surface area contributed by atoms with Crippen molar-refractivity contribution in [3.05, 3.63) is 63.7 Å². The van der Waals surface area contributed by atoms with E-state index in [1.807, 2.05) is 23.2 Å². The first-order valence-corrected chi connectivity index (χ1v) is 3.92. The lowest BCUT2D eigenvalue weighted by Gasteiger charge is -1.75. The van der Waals surface area contributed by atoms with Gasteiger partial charge in [0.2, 0.25) is 0 Å². The molecular weight excluding hydrogens is 196 g/mol. The summed E-state index contributed by atoms with van der Waals surface area (Å²) < 4.78 is 0. The number of H-pyrrole nitrogens is 2. The van der Waals surface area contributed by atoms with Gasteiger partial charge in [-0.2, -0.15) is 0 Å². The lowest BCUT2D eigenvalue weighted by Crippen LogP contribution is -2.19. The Kier molecular flexibility index (Phi) is 6.15. The molecule has 2 heterocycles. The van der Waals surface area contributed by atoms with Crippen LogP contribution < -0.4 is 17.4 Å². The highest BCUT2D eigenvalue weighted by atomic mass is 16.2. The average molecular weight is 208 g/mol. The largest absolute Gasteiger partial charge is 0.344 e. The van der Waals surface area contributed by atoms with Gasteiger partial charge in [-0.3, -0.25) is 14.8 Å². The summed E-state index contributed by atoms with van der Waals surface area (Å²) in [6.45, 7) is 0. The number of aromatic nitrogens is 3. The van der Waals surface area contributed by atoms with Crippen LogP contribution in [0.1, 0.15) is 0 Å². The number of hydrogen-bond acceptors (Lipinski definition) is 4. The predicted octanol–water partition coefficient (Wildman–Crippen LogP) is 0.307. The molecule has 0 aliphatic heterocycles. The van der Waals surface area contributed by atoms with Gasteiger partial charge in [0, 0.05) is 24.7 Å². The summed E-state index contributed by atoms with van der Waals surface area (Å²) in [6.07, 6.45) is 4.79. The van der Waals surface area contributed by atoms with Crippen molar-refractivity contribution in [2.75, 3.05) is 0 Å². The summed E-state index contributed by atoms with van der Waals surface area (Å²) in [6, 6.07) is 6.95. The summed E-state index contributed by atoms with van der Waals surface area (Å²) >= 11 is 0. The van der Waals surface area contributed by atoms with Crippen LogP contribution in [0.15, 0.2) is 52.4 Å². The zero-order valence-electron chi connectivity index (χ0n) is 8.01. The Morgan fingerprint density at radius 3 is 2.00 bits per heavy atom. The maximum absolute atomic E-state index is 10.2. The van der Waals surface area contributed by atoms with Crippen molar-refractivity contribution < 1.29 is 0 Å². The SMILES string of the molecule is N.O=c1cc[nH]c(=O)[nH]1.c1ccncc1. The molecule has 5 N–H and O–H groups in total. The Hall–Kier alpha value is -2.21. The van der Waals surface area contributed by atoms with Crippen LogP contribution in [0.3, 0.4) is 0 Å². The fourth-order valence-corrected chi connectivity index (χ4v) is 0.695. The molecule has 0 saturated carbocycles. The molecule has 0 aliphatic rings. The van der Waals surface area contributed by atoms with Gasteiger partial charge >= 0.3 is 5.69 Å². The van der Waals surface area contributed by atoms with Crippen LogP contribution in [0.4, 0.5) is 0 Å². The molecule has 0 saturated heterocycles. The summed E-state index contributed by atoms with van der Waals surface area (Å²) in [4.78, 5) is 28.4. The summed E-state index contributed by atoms with van der Waals surface area (Å²) in [5.41, 5.74) is -0.855. The van der Waals surface area contributed by atoms with E-state index in [-0.39, 0.29) is 11.7 Å². The molecule has 0 aromatic carbocycles. The van der Waals surface area contributed by atoms with E-state index >= 15 is 0 Å². The monoisotopic (exact) mass is 208 g/mol. The molecule has 2 aromatic heterocycles. The van der Waals surface area contributed by atoms with Crippen molar-refractivity contribution >= 4 is 0 Å². The van der Waals surface area contributed by atoms with Crippen LogP contribution in [0.25, 0.3) is 0 Å². The number of pyridine rings is 1. The van der Waals surface area contributed by atoms with Gasteiger partial charge in [-0.1, -0.05) is 6.07 Å². The van der Waals surface area contributed by atoms with Gasteiger partial charge in [0.05, 0.1) is 0 Å². The molecule has 80 valence electrons. The molecule has 6 heteroatoms. The van der Waals surface area contributed by atoms with Crippen LogP contribution in [0.2, 0.25) is 0 Å². The van der Waals surface area contributed by atoms with Gasteiger partial charge in [0.1, 0.15) is 0 Å². The average Bonchev–Trinajstić information content (AvgIpc) is 2.21. The first kappa shape index (κ1) is 12.8. The van der Waals surface area contributed by atoms with Crippen LogP contribution in [-0.2, 0) is 0 Å². The molecule has 15 heavy (non-hydrogen) atoms. The highest BCUT2D eigenvalue weighted by molar-refractivity contribution is 4.88. The lowest BCUT2D eigenvalue weighted by molar-refractivity contribution is 1.04. The topological polar surface area (TPSA) is 114 Å². The molecule has 0 atom stereocenters. The summed E-state index contributed by atoms with van der Waals surface area (Å²) in [5, 5.41) is 0. The molecule has 0 aliphatic carbocycles. The molecule has 0 unspecified atom stereocenters. The van der Waals surface area contributed by atoms with Gasteiger partial charge in [-0.05, 0) is 12.1 Å². The molecule has 2 aromatic rings. The summed E-state index contributed by atoms with van der Waals surface area (Å²) in [7, 11) is 0. The van der Waals surface area contributed by atoms with E-state index in [0.29, 0.717) is 0 Å². The van der Waals surface area contributed by atoms with Crippen molar-refractivity contribution in [3.63, 3.8) is 0 Å². The van der Waals surface area contributed by atoms with Gasteiger partial charge in [-0.25, -0.2) is 4.79 Å². The first-order valence-electron chi connectivity index (χ1n) is 3.92. The number of nitrogens with one attached hydrogen (secondary N) is 2. The summed E-state index contributed by atoms with van der Waals surface area (Å²) in [5.74, 6) is 0. The Morgan fingerprint density at radius 2 is 1.73 bits per heavy atom. The van der Waals surface area contributed by atoms with E-state index in [4.69, 9.17) is 0 Å². The molecule has 0 bridgehead atoms. The molecule has 0 fully saturated rings. The normalized spacial score (nSPS) is 8.00. The molecule has 0 amide bonds. The highest BCUT2D eigenvalue weighted by Crippen LogP contribution is 1.73. The Labute approximate surface area is 85.6 Å². The van der Waals surface area contributed by atoms with Crippen molar-refractivity contribution in [3.8, 4) is 0 Å². The Bertz CT molecular complexity index is 411. The van der Waals surface area contributed by atoms with Crippen molar-refractivity contribution in [1.29, 1.82) is 0 Å². The second kappa shape index (κ2) is 7.22. The van der Waals surface area contributed by atoms with E-state index in [1.54, 1.807) is 12.4 Å². The Morgan fingerprint density at radius 1 is 1.07 bits per heavy atom. The minimum atomic E-state index is -0.475. The van der Waals surface area contributed by atoms with Gasteiger partial charge in [0.25, 0.3) is 5.56 Å². The molecule has 2 rings (SSSR count). The van der Waals surface area contributed by atoms with Crippen LogP contribution in [0, 0.1) is 0 Å². The number of aromatic amines is 2. The van der Waals surface area contributed by atoms with Crippen molar-refractivity contribution in [2.45, 2.75) is 0 Å². The standard InChI is InChI=1S/C5H5N.C4H4N2O2.H3N/c1-2-4-6-5-3-1;7-3-1-2-5-4(8)6-3;/h1-5H;1-2H,(H2,5,6,7,8);1H3. The van der Waals surface area contributed by atoms with Crippen LogP contribution in [-0.4, -0.2) is 15.0 Å². The molecule has 6 nitrogen and oxygen atoms in total. The second-order valence-corrected chi connectivity index (χ2v) is 2.32. The zero-order chi connectivity index (χ0) is 10.2. The second-order valence-electron chi connectivity index (χ2n) is 2.32. The fourth-order valence-electron chi connectivity index (χ4n) is 0.695. The number of nitrogens with zero attached hydrogens (tertiary/aromatic N) is 1. The maximum atomic E-state index is 10.2. The third-order valence-electron chi connectivity index (χ3n) is 1.25. The van der Waals surface area contributed by atoms with Gasteiger partial charge in [-0.15, -0.1) is 0 Å². The molecule has 0 radical (unpaired) electrons. The third kappa shape index (κ3) is 5.94. The fraction of sp³-hybridized carbons (Fsp3) is 0. The minimum Gasteiger partial charge on any atom is -0.344 e. The smallest absolute Gasteiger partial charge is 0.325 e. The first-order chi connectivity index (χ1) is 6.79. The zero-order valence-corrected chi connectivity index (χ0v) is 8.01. The van der Waals surface area contributed by atoms with Crippen LogP contribution >= 0.6 is 0 Å². The number of rotatable bonds is 0. The van der Waals surface area contributed by atoms with Crippen molar-refractivity contribution in [1.82, 2.24) is 21.1 Å². The van der Waals surface area contributed by atoms with E-state index in [9.17, 15) is 9.59 Å². The van der Waals surface area contributed by atoms with E-state index in [0.717, 1.165) is 0 Å². The van der Waals surface area contributed by atoms with Crippen LogP contribution in [0.5, 0.6) is 0 Å². The van der Waals surface area contributed by atoms with E-state index in [1.165, 1.54) is 12.3 Å². The third-order valence-corrected chi connectivity index (χ3v) is 1.25. The lowest BCUT2D eigenvalue weighted by atomic mass is 10.5.